The van der Waals surface area contributed by atoms with E-state index in [0.29, 0.717) is 19.0 Å². The number of hydrogen-bond acceptors (Lipinski definition) is 5. The number of piperidine rings is 1. The summed E-state index contributed by atoms with van der Waals surface area (Å²) in [4.78, 5) is 31.2. The van der Waals surface area contributed by atoms with Crippen LogP contribution in [-0.2, 0) is 9.59 Å². The largest absolute Gasteiger partial charge is 0.348 e. The molecule has 2 N–H and O–H groups in total. The lowest BCUT2D eigenvalue weighted by Crippen LogP contribution is -2.44. The lowest BCUT2D eigenvalue weighted by Gasteiger charge is -2.31. The minimum Gasteiger partial charge on any atom is -0.348 e. The Bertz CT molecular complexity index is 882. The van der Waals surface area contributed by atoms with Crippen molar-refractivity contribution in [2.45, 2.75) is 44.9 Å². The third-order valence-corrected chi connectivity index (χ3v) is 7.14. The van der Waals surface area contributed by atoms with Gasteiger partial charge in [-0.25, -0.2) is 4.98 Å². The van der Waals surface area contributed by atoms with Gasteiger partial charge in [-0.3, -0.25) is 9.59 Å². The van der Waals surface area contributed by atoms with E-state index in [1.54, 1.807) is 11.3 Å². The molecular formula is C23H30N4O2S. The number of aromatic nitrogens is 1. The maximum Gasteiger partial charge on any atom is 0.309 e. The smallest absolute Gasteiger partial charge is 0.309 e. The monoisotopic (exact) mass is 426 g/mol. The second kappa shape index (κ2) is 10.1. The van der Waals surface area contributed by atoms with Gasteiger partial charge in [0.1, 0.15) is 0 Å². The highest BCUT2D eigenvalue weighted by atomic mass is 32.1. The molecule has 1 aliphatic carbocycles. The number of rotatable bonds is 6. The summed E-state index contributed by atoms with van der Waals surface area (Å²) in [5, 5.41) is 6.65. The van der Waals surface area contributed by atoms with Gasteiger partial charge in [-0.15, -0.1) is 0 Å². The summed E-state index contributed by atoms with van der Waals surface area (Å²) in [5.74, 6) is -0.626. The first kappa shape index (κ1) is 20.8. The van der Waals surface area contributed by atoms with Crippen molar-refractivity contribution in [1.29, 1.82) is 0 Å². The number of fused-ring (bicyclic) bond motifs is 1. The van der Waals surface area contributed by atoms with Gasteiger partial charge in [0.25, 0.3) is 0 Å². The summed E-state index contributed by atoms with van der Waals surface area (Å²) in [7, 11) is 0. The van der Waals surface area contributed by atoms with E-state index in [4.69, 9.17) is 4.98 Å². The molecule has 0 bridgehead atoms. The van der Waals surface area contributed by atoms with Crippen molar-refractivity contribution >= 4 is 38.5 Å². The quantitative estimate of drug-likeness (QED) is 0.546. The van der Waals surface area contributed by atoms with Crippen molar-refractivity contribution in [3.05, 3.63) is 35.9 Å². The summed E-state index contributed by atoms with van der Waals surface area (Å²) < 4.78 is 1.22. The van der Waals surface area contributed by atoms with Crippen LogP contribution in [0.2, 0.25) is 0 Å². The number of thiazole rings is 1. The van der Waals surface area contributed by atoms with Crippen LogP contribution in [0.5, 0.6) is 0 Å². The highest BCUT2D eigenvalue weighted by molar-refractivity contribution is 7.22. The van der Waals surface area contributed by atoms with Crippen molar-refractivity contribution in [3.63, 3.8) is 0 Å². The van der Waals surface area contributed by atoms with E-state index in [2.05, 4.69) is 33.7 Å². The lowest BCUT2D eigenvalue weighted by atomic mass is 9.97. The fourth-order valence-electron chi connectivity index (χ4n) is 4.19. The molecule has 0 spiro atoms. The van der Waals surface area contributed by atoms with Gasteiger partial charge in [0.05, 0.1) is 10.2 Å². The molecule has 1 aliphatic heterocycles. The molecule has 160 valence electrons. The van der Waals surface area contributed by atoms with E-state index < -0.39 is 11.8 Å². The van der Waals surface area contributed by atoms with Gasteiger partial charge in [0.15, 0.2) is 5.13 Å². The van der Waals surface area contributed by atoms with E-state index in [0.717, 1.165) is 55.8 Å². The zero-order chi connectivity index (χ0) is 20.8. The van der Waals surface area contributed by atoms with E-state index in [1.807, 2.05) is 12.1 Å². The van der Waals surface area contributed by atoms with Gasteiger partial charge in [-0.1, -0.05) is 35.1 Å². The van der Waals surface area contributed by atoms with Crippen LogP contribution in [0.15, 0.2) is 35.9 Å². The number of benzene rings is 1. The molecule has 6 nitrogen and oxygen atoms in total. The molecule has 2 amide bonds. The molecule has 2 aromatic rings. The highest BCUT2D eigenvalue weighted by Crippen LogP contribution is 2.31. The van der Waals surface area contributed by atoms with E-state index in [9.17, 15) is 9.59 Å². The van der Waals surface area contributed by atoms with Crippen molar-refractivity contribution < 1.29 is 9.59 Å². The first-order valence-electron chi connectivity index (χ1n) is 11.0. The average Bonchev–Trinajstić information content (AvgIpc) is 3.23. The Kier molecular flexibility index (Phi) is 7.00. The second-order valence-electron chi connectivity index (χ2n) is 8.22. The Morgan fingerprint density at radius 1 is 1.10 bits per heavy atom. The van der Waals surface area contributed by atoms with E-state index in [-0.39, 0.29) is 0 Å². The highest BCUT2D eigenvalue weighted by Gasteiger charge is 2.23. The van der Waals surface area contributed by atoms with Gasteiger partial charge in [0.2, 0.25) is 0 Å². The molecular weight excluding hydrogens is 396 g/mol. The molecule has 1 aromatic carbocycles. The number of nitrogens with zero attached hydrogens (tertiary/aromatic N) is 2. The van der Waals surface area contributed by atoms with Gasteiger partial charge in [0, 0.05) is 26.2 Å². The summed E-state index contributed by atoms with van der Waals surface area (Å²) in [6.45, 7) is 2.97. The SMILES string of the molecule is O=C(NCCC1=CCCCC1)C(=O)NCC1CCN(c2nc3ccccc3s2)CC1. The molecule has 2 heterocycles. The standard InChI is InChI=1S/C23H30N4O2S/c28-21(24-13-10-17-6-2-1-3-7-17)22(29)25-16-18-11-14-27(15-12-18)23-26-19-8-4-5-9-20(19)30-23/h4-6,8-9,18H,1-3,7,10-16H2,(H,24,28)(H,25,29). The number of carbonyl (C=O) groups excluding carboxylic acids is 2. The first-order chi connectivity index (χ1) is 14.7. The number of anilines is 1. The number of allylic oxidation sites excluding steroid dienone is 1. The minimum atomic E-state index is -0.515. The Labute approximate surface area is 181 Å². The number of para-hydroxylation sites is 1. The number of nitrogens with one attached hydrogen (secondary N) is 2. The van der Waals surface area contributed by atoms with E-state index >= 15 is 0 Å². The number of hydrogen-bond donors (Lipinski definition) is 2. The zero-order valence-corrected chi connectivity index (χ0v) is 18.2. The third kappa shape index (κ3) is 5.39. The molecule has 30 heavy (non-hydrogen) atoms. The van der Waals surface area contributed by atoms with Crippen LogP contribution in [0.3, 0.4) is 0 Å². The first-order valence-corrected chi connectivity index (χ1v) is 11.8. The van der Waals surface area contributed by atoms with Crippen LogP contribution in [-0.4, -0.2) is 43.0 Å². The fourth-order valence-corrected chi connectivity index (χ4v) is 5.21. The minimum absolute atomic E-state index is 0.403. The zero-order valence-electron chi connectivity index (χ0n) is 17.4. The van der Waals surface area contributed by atoms with Gasteiger partial charge in [-0.05, 0) is 63.0 Å². The van der Waals surface area contributed by atoms with Gasteiger partial charge >= 0.3 is 11.8 Å². The van der Waals surface area contributed by atoms with Crippen molar-refractivity contribution in [2.24, 2.45) is 5.92 Å². The molecule has 0 unspecified atom stereocenters. The van der Waals surface area contributed by atoms with Crippen LogP contribution in [0.25, 0.3) is 10.2 Å². The molecule has 2 aliphatic rings. The van der Waals surface area contributed by atoms with Crippen LogP contribution >= 0.6 is 11.3 Å². The van der Waals surface area contributed by atoms with Crippen LogP contribution < -0.4 is 15.5 Å². The Morgan fingerprint density at radius 3 is 2.67 bits per heavy atom. The molecule has 1 saturated heterocycles. The van der Waals surface area contributed by atoms with E-state index in [1.165, 1.54) is 23.1 Å². The molecule has 1 aromatic heterocycles. The molecule has 4 rings (SSSR count). The predicted octanol–water partition coefficient (Wildman–Crippen LogP) is 3.64. The van der Waals surface area contributed by atoms with Gasteiger partial charge in [-0.2, -0.15) is 0 Å². The molecule has 0 atom stereocenters. The average molecular weight is 427 g/mol. The summed E-state index contributed by atoms with van der Waals surface area (Å²) >= 11 is 1.73. The fraction of sp³-hybridized carbons (Fsp3) is 0.522. The number of amides is 2. The van der Waals surface area contributed by atoms with Gasteiger partial charge < -0.3 is 15.5 Å². The Morgan fingerprint density at radius 2 is 1.90 bits per heavy atom. The lowest BCUT2D eigenvalue weighted by molar-refractivity contribution is -0.139. The number of carbonyl (C=O) groups is 2. The maximum absolute atomic E-state index is 12.1. The second-order valence-corrected chi connectivity index (χ2v) is 9.23. The van der Waals surface area contributed by atoms with Crippen molar-refractivity contribution in [2.75, 3.05) is 31.1 Å². The summed E-state index contributed by atoms with van der Waals surface area (Å²) in [6.07, 6.45) is 9.87. The van der Waals surface area contributed by atoms with Crippen LogP contribution in [0.1, 0.15) is 44.9 Å². The molecule has 0 radical (unpaired) electrons. The topological polar surface area (TPSA) is 74.3 Å². The van der Waals surface area contributed by atoms with Crippen molar-refractivity contribution in [1.82, 2.24) is 15.6 Å². The predicted molar refractivity (Wildman–Crippen MR) is 122 cm³/mol. The Hall–Kier alpha value is -2.41. The van der Waals surface area contributed by atoms with Crippen LogP contribution in [0.4, 0.5) is 5.13 Å². The molecule has 1 fully saturated rings. The van der Waals surface area contributed by atoms with Crippen LogP contribution in [0, 0.1) is 5.92 Å². The van der Waals surface area contributed by atoms with Crippen molar-refractivity contribution in [3.8, 4) is 0 Å². The Balaban J connectivity index is 1.15. The molecule has 7 heteroatoms. The molecule has 0 saturated carbocycles. The third-order valence-electron chi connectivity index (χ3n) is 6.04. The maximum atomic E-state index is 12.1. The summed E-state index contributed by atoms with van der Waals surface area (Å²) in [6, 6.07) is 8.22. The summed E-state index contributed by atoms with van der Waals surface area (Å²) in [5.41, 5.74) is 2.46. The normalized spacial score (nSPS) is 17.6.